The van der Waals surface area contributed by atoms with Crippen LogP contribution < -0.4 is 4.87 Å². The molecule has 4 aliphatic rings. The average Bonchev–Trinajstić information content (AvgIpc) is 3.45. The van der Waals surface area contributed by atoms with Crippen molar-refractivity contribution in [3.63, 3.8) is 0 Å². The predicted octanol–water partition coefficient (Wildman–Crippen LogP) is 1.59. The van der Waals surface area contributed by atoms with Crippen molar-refractivity contribution in [2.75, 3.05) is 6.54 Å². The number of thiazole rings is 1. The summed E-state index contributed by atoms with van der Waals surface area (Å²) in [6, 6.07) is 3.71. The zero-order chi connectivity index (χ0) is 20.0. The first-order valence-corrected chi connectivity index (χ1v) is 11.2. The first-order valence-electron chi connectivity index (χ1n) is 9.45. The number of carbonyl (C=O) groups is 3. The normalized spacial score (nSPS) is 37.0. The predicted molar refractivity (Wildman–Crippen MR) is 102 cm³/mol. The zero-order valence-corrected chi connectivity index (χ0v) is 16.6. The molecule has 150 valence electrons. The molecule has 2 aromatic rings. The van der Waals surface area contributed by atoms with E-state index < -0.39 is 24.3 Å². The number of furan rings is 1. The Morgan fingerprint density at radius 2 is 2.00 bits per heavy atom. The summed E-state index contributed by atoms with van der Waals surface area (Å²) in [5.41, 5.74) is 0. The molecule has 2 N–H and O–H groups in total. The molecule has 8 nitrogen and oxygen atoms in total. The molecule has 1 saturated heterocycles. The van der Waals surface area contributed by atoms with Crippen molar-refractivity contribution in [3.05, 3.63) is 38.7 Å². The topological polar surface area (TPSA) is 121 Å². The third-order valence-corrected chi connectivity index (χ3v) is 9.55. The molecule has 6 rings (SSSR count). The highest BCUT2D eigenvalue weighted by Gasteiger charge is 2.69. The summed E-state index contributed by atoms with van der Waals surface area (Å²) in [7, 11) is 0. The number of thioether (sulfide) groups is 1. The Hall–Kier alpha value is -2.33. The van der Waals surface area contributed by atoms with Gasteiger partial charge in [-0.3, -0.25) is 24.1 Å². The molecule has 7 atom stereocenters. The van der Waals surface area contributed by atoms with E-state index >= 15 is 0 Å². The van der Waals surface area contributed by atoms with Crippen LogP contribution in [0.1, 0.15) is 23.0 Å². The van der Waals surface area contributed by atoms with E-state index in [4.69, 9.17) is 9.52 Å². The number of rotatable bonds is 3. The van der Waals surface area contributed by atoms with Crippen molar-refractivity contribution in [1.29, 1.82) is 0 Å². The average molecular weight is 432 g/mol. The number of fused-ring (bicyclic) bond motifs is 9. The molecular formula is C19H16N2O6S2. The number of carboxylic acid groups (broad SMARTS) is 1. The lowest BCUT2D eigenvalue weighted by molar-refractivity contribution is -0.149. The third kappa shape index (κ3) is 2.21. The second-order valence-electron chi connectivity index (χ2n) is 8.13. The van der Waals surface area contributed by atoms with Crippen LogP contribution in [0.2, 0.25) is 0 Å². The van der Waals surface area contributed by atoms with Crippen molar-refractivity contribution < 1.29 is 23.9 Å². The molecule has 4 heterocycles. The van der Waals surface area contributed by atoms with Crippen LogP contribution in [0.4, 0.5) is 0 Å². The van der Waals surface area contributed by atoms with Crippen LogP contribution in [0.15, 0.2) is 32.6 Å². The maximum absolute atomic E-state index is 13.0. The summed E-state index contributed by atoms with van der Waals surface area (Å²) in [5, 5.41) is 10.0. The number of aromatic nitrogens is 1. The number of hydrogen-bond acceptors (Lipinski definition) is 7. The number of likely N-dealkylation sites (tertiary alicyclic amines) is 1. The molecule has 0 radical (unpaired) electrons. The summed E-state index contributed by atoms with van der Waals surface area (Å²) in [4.78, 5) is 53.8. The zero-order valence-electron chi connectivity index (χ0n) is 14.9. The highest BCUT2D eigenvalue weighted by molar-refractivity contribution is 8.00. The van der Waals surface area contributed by atoms with Gasteiger partial charge in [0, 0.05) is 5.25 Å². The third-order valence-electron chi connectivity index (χ3n) is 6.96. The van der Waals surface area contributed by atoms with Gasteiger partial charge in [-0.1, -0.05) is 11.3 Å². The SMILES string of the molecule is O=C(O)CN1C(=O)[C@@H]2[C@H]3C[C@@H]([C@@H]2C1=O)[C@@H]1[C@H](c2ccco2)c2sc(=O)[nH]c2S[C@@H]31. The van der Waals surface area contributed by atoms with Gasteiger partial charge in [0.25, 0.3) is 0 Å². The molecule has 2 aliphatic carbocycles. The number of aliphatic carboxylic acids is 1. The number of carboxylic acids is 1. The first kappa shape index (κ1) is 17.5. The summed E-state index contributed by atoms with van der Waals surface area (Å²) in [5.74, 6) is -2.16. The lowest BCUT2D eigenvalue weighted by Gasteiger charge is -2.42. The Labute approximate surface area is 172 Å². The summed E-state index contributed by atoms with van der Waals surface area (Å²) in [6.07, 6.45) is 2.38. The van der Waals surface area contributed by atoms with Crippen LogP contribution in [0.5, 0.6) is 0 Å². The Kier molecular flexibility index (Phi) is 3.54. The van der Waals surface area contributed by atoms with Gasteiger partial charge in [-0.2, -0.15) is 0 Å². The van der Waals surface area contributed by atoms with Gasteiger partial charge < -0.3 is 14.5 Å². The van der Waals surface area contributed by atoms with Crippen LogP contribution in [0.25, 0.3) is 0 Å². The van der Waals surface area contributed by atoms with Gasteiger partial charge in [-0.15, -0.1) is 11.8 Å². The van der Waals surface area contributed by atoms with Crippen molar-refractivity contribution >= 4 is 40.9 Å². The summed E-state index contributed by atoms with van der Waals surface area (Å²) < 4.78 is 5.73. The summed E-state index contributed by atoms with van der Waals surface area (Å²) >= 11 is 2.77. The Morgan fingerprint density at radius 1 is 1.24 bits per heavy atom. The lowest BCUT2D eigenvalue weighted by atomic mass is 9.69. The van der Waals surface area contributed by atoms with E-state index in [1.807, 2.05) is 12.1 Å². The van der Waals surface area contributed by atoms with Crippen LogP contribution in [-0.2, 0) is 14.4 Å². The van der Waals surface area contributed by atoms with Gasteiger partial charge in [0.15, 0.2) is 0 Å². The summed E-state index contributed by atoms with van der Waals surface area (Å²) in [6.45, 7) is -0.575. The van der Waals surface area contributed by atoms with Crippen LogP contribution in [0.3, 0.4) is 0 Å². The molecular weight excluding hydrogens is 416 g/mol. The van der Waals surface area contributed by atoms with E-state index in [1.54, 1.807) is 18.0 Å². The number of H-pyrrole nitrogens is 1. The van der Waals surface area contributed by atoms with E-state index in [0.717, 1.165) is 27.0 Å². The van der Waals surface area contributed by atoms with Gasteiger partial charge in [0.2, 0.25) is 11.8 Å². The Bertz CT molecular complexity index is 1100. The molecule has 0 unspecified atom stereocenters. The highest BCUT2D eigenvalue weighted by atomic mass is 32.2. The number of aromatic amines is 1. The Morgan fingerprint density at radius 3 is 2.69 bits per heavy atom. The van der Waals surface area contributed by atoms with Crippen LogP contribution in [0, 0.1) is 29.6 Å². The molecule has 2 amide bonds. The highest BCUT2D eigenvalue weighted by Crippen LogP contribution is 2.68. The van der Waals surface area contributed by atoms with Gasteiger partial charge in [0.05, 0.1) is 33.9 Å². The maximum Gasteiger partial charge on any atom is 0.323 e. The molecule has 0 spiro atoms. The molecule has 3 fully saturated rings. The monoisotopic (exact) mass is 432 g/mol. The van der Waals surface area contributed by atoms with Crippen molar-refractivity contribution in [2.24, 2.45) is 29.6 Å². The molecule has 10 heteroatoms. The standard InChI is InChI=1S/C19H16N2O6S2/c22-9(23)5-21-17(24)11-6-4-7(12(11)18(21)25)14-10(6)13(8-2-1-3-27-8)15-16(28-14)20-19(26)29-15/h1-3,6-7,10-14H,4-5H2,(H,20,26)(H,22,23)/t6-,7-,10-,11+,12-,13+,14+/m1/s1. The number of amides is 2. The molecule has 2 bridgehead atoms. The fraction of sp³-hybridized carbons (Fsp3) is 0.474. The van der Waals surface area contributed by atoms with Gasteiger partial charge in [-0.25, -0.2) is 0 Å². The molecule has 29 heavy (non-hydrogen) atoms. The van der Waals surface area contributed by atoms with Crippen molar-refractivity contribution in [1.82, 2.24) is 9.88 Å². The number of nitrogens with zero attached hydrogens (tertiary/aromatic N) is 1. The largest absolute Gasteiger partial charge is 0.480 e. The molecule has 2 saturated carbocycles. The van der Waals surface area contributed by atoms with E-state index in [1.165, 1.54) is 11.3 Å². The minimum atomic E-state index is -1.18. The van der Waals surface area contributed by atoms with Crippen molar-refractivity contribution in [2.45, 2.75) is 22.6 Å². The minimum absolute atomic E-state index is 0.00995. The molecule has 2 aliphatic heterocycles. The fourth-order valence-corrected chi connectivity index (χ4v) is 9.03. The quantitative estimate of drug-likeness (QED) is 0.707. The maximum atomic E-state index is 13.0. The lowest BCUT2D eigenvalue weighted by Crippen LogP contribution is -2.42. The number of hydrogen-bond donors (Lipinski definition) is 2. The van der Waals surface area contributed by atoms with Gasteiger partial charge >= 0.3 is 10.8 Å². The number of nitrogens with one attached hydrogen (secondary N) is 1. The minimum Gasteiger partial charge on any atom is -0.480 e. The smallest absolute Gasteiger partial charge is 0.323 e. The van der Waals surface area contributed by atoms with E-state index in [2.05, 4.69) is 4.98 Å². The van der Waals surface area contributed by atoms with Crippen LogP contribution >= 0.6 is 23.1 Å². The van der Waals surface area contributed by atoms with E-state index in [9.17, 15) is 19.2 Å². The second-order valence-corrected chi connectivity index (χ2v) is 10.3. The van der Waals surface area contributed by atoms with Gasteiger partial charge in [-0.05, 0) is 36.3 Å². The van der Waals surface area contributed by atoms with Crippen LogP contribution in [-0.4, -0.2) is 44.6 Å². The Balaban J connectivity index is 1.45. The fourth-order valence-electron chi connectivity index (χ4n) is 6.16. The number of carbonyl (C=O) groups excluding carboxylic acids is 2. The van der Waals surface area contributed by atoms with E-state index in [0.29, 0.717) is 0 Å². The first-order chi connectivity index (χ1) is 14.0. The van der Waals surface area contributed by atoms with Crippen molar-refractivity contribution in [3.8, 4) is 0 Å². The number of imide groups is 1. The molecule has 2 aromatic heterocycles. The van der Waals surface area contributed by atoms with E-state index in [-0.39, 0.29) is 45.6 Å². The second kappa shape index (κ2) is 5.85. The molecule has 0 aromatic carbocycles. The van der Waals surface area contributed by atoms with Gasteiger partial charge in [0.1, 0.15) is 12.3 Å².